The zero-order chi connectivity index (χ0) is 21.0. The van der Waals surface area contributed by atoms with Crippen LogP contribution in [0.2, 0.25) is 0 Å². The molecule has 2 aromatic carbocycles. The van der Waals surface area contributed by atoms with Crippen molar-refractivity contribution in [3.8, 4) is 5.75 Å². The summed E-state index contributed by atoms with van der Waals surface area (Å²) in [6.07, 6.45) is 1.98. The predicted octanol–water partition coefficient (Wildman–Crippen LogP) is 4.54. The van der Waals surface area contributed by atoms with E-state index in [2.05, 4.69) is 5.32 Å². The fourth-order valence-electron chi connectivity index (χ4n) is 2.92. The maximum Gasteiger partial charge on any atom is 0.266 e. The molecular weight excluding hydrogens is 404 g/mol. The fraction of sp³-hybridized carbons (Fsp3) is 0.227. The van der Waals surface area contributed by atoms with Crippen LogP contribution >= 0.6 is 24.0 Å². The number of nitrogens with zero attached hydrogens (tertiary/aromatic N) is 1. The summed E-state index contributed by atoms with van der Waals surface area (Å²) < 4.78 is 5.61. The summed E-state index contributed by atoms with van der Waals surface area (Å²) in [4.78, 5) is 27.1. The number of ether oxygens (including phenoxy) is 1. The third-order valence-electron chi connectivity index (χ3n) is 4.51. The molecule has 0 saturated carbocycles. The third kappa shape index (κ3) is 5.25. The van der Waals surface area contributed by atoms with Gasteiger partial charge in [0.1, 0.15) is 10.1 Å². The minimum atomic E-state index is -0.171. The monoisotopic (exact) mass is 426 g/mol. The number of thiocarbonyl (C=S) groups is 1. The van der Waals surface area contributed by atoms with E-state index in [0.29, 0.717) is 9.23 Å². The number of hydrogen-bond donors (Lipinski definition) is 1. The number of anilines is 1. The first-order valence-electron chi connectivity index (χ1n) is 9.14. The van der Waals surface area contributed by atoms with Crippen LogP contribution < -0.4 is 10.1 Å². The molecule has 3 rings (SSSR count). The number of hydrogen-bond acceptors (Lipinski definition) is 5. The van der Waals surface area contributed by atoms with Gasteiger partial charge in [-0.05, 0) is 49.2 Å². The largest absolute Gasteiger partial charge is 0.497 e. The van der Waals surface area contributed by atoms with Gasteiger partial charge in [0.25, 0.3) is 5.91 Å². The van der Waals surface area contributed by atoms with Crippen molar-refractivity contribution in [1.82, 2.24) is 4.90 Å². The molecule has 7 heteroatoms. The van der Waals surface area contributed by atoms with Gasteiger partial charge >= 0.3 is 0 Å². The Balaban J connectivity index is 1.60. The summed E-state index contributed by atoms with van der Waals surface area (Å²) in [6, 6.07) is 13.3. The first-order chi connectivity index (χ1) is 13.9. The summed E-state index contributed by atoms with van der Waals surface area (Å²) in [6.45, 7) is 4.21. The Bertz CT molecular complexity index is 984. The van der Waals surface area contributed by atoms with Gasteiger partial charge in [-0.15, -0.1) is 0 Å². The summed E-state index contributed by atoms with van der Waals surface area (Å²) in [7, 11) is 1.61. The Kier molecular flexibility index (Phi) is 6.71. The van der Waals surface area contributed by atoms with Gasteiger partial charge in [0.2, 0.25) is 5.91 Å². The van der Waals surface area contributed by atoms with E-state index in [1.807, 2.05) is 56.3 Å². The molecule has 1 fully saturated rings. The van der Waals surface area contributed by atoms with Gasteiger partial charge in [0, 0.05) is 18.7 Å². The van der Waals surface area contributed by atoms with E-state index in [1.54, 1.807) is 13.2 Å². The molecule has 0 bridgehead atoms. The molecule has 1 aliphatic heterocycles. The predicted molar refractivity (Wildman–Crippen MR) is 122 cm³/mol. The first kappa shape index (κ1) is 21.1. The number of nitrogens with one attached hydrogen (secondary N) is 1. The molecule has 0 radical (unpaired) electrons. The van der Waals surface area contributed by atoms with Crippen LogP contribution in [-0.4, -0.2) is 34.7 Å². The number of carbonyl (C=O) groups is 2. The van der Waals surface area contributed by atoms with Crippen LogP contribution in [0.25, 0.3) is 6.08 Å². The van der Waals surface area contributed by atoms with Gasteiger partial charge in [0.15, 0.2) is 0 Å². The van der Waals surface area contributed by atoms with Crippen molar-refractivity contribution < 1.29 is 14.3 Å². The topological polar surface area (TPSA) is 58.6 Å². The molecule has 2 amide bonds. The third-order valence-corrected chi connectivity index (χ3v) is 5.88. The molecule has 0 aromatic heterocycles. The molecule has 1 N–H and O–H groups in total. The SMILES string of the molecule is COc1ccc(C=C2SC(=S)N(CCC(=O)Nc3ccc(C)cc3C)C2=O)cc1. The summed E-state index contributed by atoms with van der Waals surface area (Å²) in [5.41, 5.74) is 3.82. The normalized spacial score (nSPS) is 15.1. The second-order valence-corrected chi connectivity index (χ2v) is 8.40. The van der Waals surface area contributed by atoms with E-state index in [0.717, 1.165) is 28.1 Å². The van der Waals surface area contributed by atoms with Crippen LogP contribution in [0.1, 0.15) is 23.1 Å². The standard InChI is InChI=1S/C22H22N2O3S2/c1-14-4-9-18(15(2)12-14)23-20(25)10-11-24-21(26)19(29-22(24)28)13-16-5-7-17(27-3)8-6-16/h4-9,12-13H,10-11H2,1-3H3,(H,23,25). The van der Waals surface area contributed by atoms with E-state index in [-0.39, 0.29) is 24.8 Å². The van der Waals surface area contributed by atoms with Crippen molar-refractivity contribution >= 4 is 51.9 Å². The van der Waals surface area contributed by atoms with Crippen LogP contribution in [0.15, 0.2) is 47.4 Å². The van der Waals surface area contributed by atoms with Gasteiger partial charge in [-0.2, -0.15) is 0 Å². The zero-order valence-electron chi connectivity index (χ0n) is 16.5. The highest BCUT2D eigenvalue weighted by molar-refractivity contribution is 8.26. The van der Waals surface area contributed by atoms with Crippen molar-refractivity contribution in [2.45, 2.75) is 20.3 Å². The molecule has 29 heavy (non-hydrogen) atoms. The van der Waals surface area contributed by atoms with Gasteiger partial charge in [-0.25, -0.2) is 0 Å². The fourth-order valence-corrected chi connectivity index (χ4v) is 4.23. The quantitative estimate of drug-likeness (QED) is 0.543. The number of aryl methyl sites for hydroxylation is 2. The Hall–Kier alpha value is -2.64. The molecule has 150 valence electrons. The van der Waals surface area contributed by atoms with Gasteiger partial charge < -0.3 is 10.1 Å². The molecule has 1 aliphatic rings. The Labute approximate surface area is 180 Å². The molecule has 1 saturated heterocycles. The highest BCUT2D eigenvalue weighted by Gasteiger charge is 2.32. The lowest BCUT2D eigenvalue weighted by Crippen LogP contribution is -2.31. The molecule has 2 aromatic rings. The highest BCUT2D eigenvalue weighted by Crippen LogP contribution is 2.33. The van der Waals surface area contributed by atoms with Gasteiger partial charge in [-0.1, -0.05) is 53.8 Å². The average molecular weight is 427 g/mol. The van der Waals surface area contributed by atoms with Crippen molar-refractivity contribution in [2.24, 2.45) is 0 Å². The van der Waals surface area contributed by atoms with Gasteiger partial charge in [-0.3, -0.25) is 14.5 Å². The summed E-state index contributed by atoms with van der Waals surface area (Å²) >= 11 is 6.59. The second kappa shape index (κ2) is 9.24. The van der Waals surface area contributed by atoms with E-state index >= 15 is 0 Å². The second-order valence-electron chi connectivity index (χ2n) is 6.72. The van der Waals surface area contributed by atoms with Crippen LogP contribution in [0.3, 0.4) is 0 Å². The highest BCUT2D eigenvalue weighted by atomic mass is 32.2. The molecule has 1 heterocycles. The lowest BCUT2D eigenvalue weighted by Gasteiger charge is -2.15. The molecule has 5 nitrogen and oxygen atoms in total. The first-order valence-corrected chi connectivity index (χ1v) is 10.4. The van der Waals surface area contributed by atoms with Gasteiger partial charge in [0.05, 0.1) is 12.0 Å². The molecule has 0 aliphatic carbocycles. The molecule has 0 spiro atoms. The minimum absolute atomic E-state index is 0.148. The van der Waals surface area contributed by atoms with Crippen molar-refractivity contribution in [3.63, 3.8) is 0 Å². The summed E-state index contributed by atoms with van der Waals surface area (Å²) in [5, 5.41) is 2.90. The number of benzene rings is 2. The van der Waals surface area contributed by atoms with Crippen molar-refractivity contribution in [3.05, 3.63) is 64.1 Å². The minimum Gasteiger partial charge on any atom is -0.497 e. The van der Waals surface area contributed by atoms with Crippen LogP contribution in [-0.2, 0) is 9.59 Å². The van der Waals surface area contributed by atoms with E-state index in [9.17, 15) is 9.59 Å². The van der Waals surface area contributed by atoms with E-state index < -0.39 is 0 Å². The summed E-state index contributed by atoms with van der Waals surface area (Å²) in [5.74, 6) is 0.435. The van der Waals surface area contributed by atoms with Crippen LogP contribution in [0, 0.1) is 13.8 Å². The number of carbonyl (C=O) groups excluding carboxylic acids is 2. The smallest absolute Gasteiger partial charge is 0.266 e. The number of methoxy groups -OCH3 is 1. The maximum absolute atomic E-state index is 12.7. The number of thioether (sulfide) groups is 1. The van der Waals surface area contributed by atoms with E-state index in [1.165, 1.54) is 16.7 Å². The van der Waals surface area contributed by atoms with Crippen molar-refractivity contribution in [1.29, 1.82) is 0 Å². The lowest BCUT2D eigenvalue weighted by atomic mass is 10.1. The van der Waals surface area contributed by atoms with Crippen LogP contribution in [0.5, 0.6) is 5.75 Å². The Morgan fingerprint density at radius 1 is 1.21 bits per heavy atom. The number of rotatable bonds is 6. The average Bonchev–Trinajstić information content (AvgIpc) is 2.96. The Morgan fingerprint density at radius 2 is 1.93 bits per heavy atom. The molecule has 0 unspecified atom stereocenters. The van der Waals surface area contributed by atoms with Crippen LogP contribution in [0.4, 0.5) is 5.69 Å². The lowest BCUT2D eigenvalue weighted by molar-refractivity contribution is -0.122. The maximum atomic E-state index is 12.7. The van der Waals surface area contributed by atoms with E-state index in [4.69, 9.17) is 17.0 Å². The van der Waals surface area contributed by atoms with Crippen molar-refractivity contribution in [2.75, 3.05) is 19.0 Å². The molecule has 0 atom stereocenters. The Morgan fingerprint density at radius 3 is 2.59 bits per heavy atom. The number of amides is 2. The molecular formula is C22H22N2O3S2. The zero-order valence-corrected chi connectivity index (χ0v) is 18.2.